The second-order valence-corrected chi connectivity index (χ2v) is 4.40. The number of carbonyl (C=O) groups excluding carboxylic acids is 1. The number of amides is 1. The van der Waals surface area contributed by atoms with Crippen molar-refractivity contribution in [2.75, 3.05) is 13.2 Å². The Bertz CT molecular complexity index is 379. The van der Waals surface area contributed by atoms with Gasteiger partial charge in [-0.3, -0.25) is 4.79 Å². The van der Waals surface area contributed by atoms with Gasteiger partial charge in [-0.2, -0.15) is 0 Å². The first-order valence-electron chi connectivity index (χ1n) is 6.21. The van der Waals surface area contributed by atoms with Crippen molar-refractivity contribution >= 4 is 5.91 Å². The van der Waals surface area contributed by atoms with Crippen molar-refractivity contribution in [3.63, 3.8) is 0 Å². The van der Waals surface area contributed by atoms with Gasteiger partial charge in [0.1, 0.15) is 5.75 Å². The maximum absolute atomic E-state index is 11.5. The maximum Gasteiger partial charge on any atom is 0.223 e. The van der Waals surface area contributed by atoms with E-state index < -0.39 is 0 Å². The van der Waals surface area contributed by atoms with Crippen molar-refractivity contribution in [2.24, 2.45) is 0 Å². The molecule has 4 nitrogen and oxygen atoms in total. The van der Waals surface area contributed by atoms with E-state index in [4.69, 9.17) is 9.84 Å². The van der Waals surface area contributed by atoms with Crippen molar-refractivity contribution in [1.29, 1.82) is 0 Å². The molecule has 0 bridgehead atoms. The molecule has 4 heteroatoms. The van der Waals surface area contributed by atoms with Crippen LogP contribution in [0.4, 0.5) is 0 Å². The molecule has 0 radical (unpaired) electrons. The third-order valence-electron chi connectivity index (χ3n) is 2.56. The minimum absolute atomic E-state index is 0.00136. The van der Waals surface area contributed by atoms with Crippen molar-refractivity contribution in [2.45, 2.75) is 32.7 Å². The monoisotopic (exact) mass is 251 g/mol. The Balaban J connectivity index is 2.23. The molecular formula is C14H21NO3. The zero-order chi connectivity index (χ0) is 13.4. The zero-order valence-corrected chi connectivity index (χ0v) is 11.0. The van der Waals surface area contributed by atoms with Crippen molar-refractivity contribution in [3.8, 4) is 5.75 Å². The summed E-state index contributed by atoms with van der Waals surface area (Å²) in [4.78, 5) is 11.5. The molecule has 2 N–H and O–H groups in total. The molecule has 1 amide bonds. The summed E-state index contributed by atoms with van der Waals surface area (Å²) in [7, 11) is 0. The van der Waals surface area contributed by atoms with Crippen LogP contribution in [0.2, 0.25) is 0 Å². The fourth-order valence-electron chi connectivity index (χ4n) is 1.58. The van der Waals surface area contributed by atoms with Crippen LogP contribution < -0.4 is 10.1 Å². The number of aliphatic hydroxyl groups excluding tert-OH is 1. The van der Waals surface area contributed by atoms with E-state index in [2.05, 4.69) is 5.32 Å². The highest BCUT2D eigenvalue weighted by Gasteiger charge is 2.06. The summed E-state index contributed by atoms with van der Waals surface area (Å²) in [6.07, 6.45) is 0.897. The third kappa shape index (κ3) is 5.68. The second-order valence-electron chi connectivity index (χ2n) is 4.40. The molecule has 1 aromatic carbocycles. The molecular weight excluding hydrogens is 230 g/mol. The molecule has 100 valence electrons. The van der Waals surface area contributed by atoms with Crippen LogP contribution in [0.5, 0.6) is 5.75 Å². The largest absolute Gasteiger partial charge is 0.493 e. The molecule has 0 saturated heterocycles. The fourth-order valence-corrected chi connectivity index (χ4v) is 1.58. The van der Waals surface area contributed by atoms with Crippen LogP contribution >= 0.6 is 0 Å². The topological polar surface area (TPSA) is 58.6 Å². The Kier molecular flexibility index (Phi) is 6.22. The molecule has 0 spiro atoms. The van der Waals surface area contributed by atoms with Crippen LogP contribution in [0.25, 0.3) is 0 Å². The van der Waals surface area contributed by atoms with E-state index in [-0.39, 0.29) is 18.6 Å². The molecule has 0 saturated carbocycles. The minimum Gasteiger partial charge on any atom is -0.493 e. The molecule has 0 heterocycles. The molecule has 1 aromatic rings. The number of ether oxygens (including phenoxy) is 1. The summed E-state index contributed by atoms with van der Waals surface area (Å²) in [5.74, 6) is 0.731. The lowest BCUT2D eigenvalue weighted by molar-refractivity contribution is -0.122. The van der Waals surface area contributed by atoms with E-state index in [0.717, 1.165) is 11.3 Å². The Morgan fingerprint density at radius 2 is 2.28 bits per heavy atom. The molecule has 1 atom stereocenters. The van der Waals surface area contributed by atoms with Gasteiger partial charge in [-0.15, -0.1) is 0 Å². The summed E-state index contributed by atoms with van der Waals surface area (Å²) in [6, 6.07) is 7.73. The summed E-state index contributed by atoms with van der Waals surface area (Å²) in [5, 5.41) is 11.5. The van der Waals surface area contributed by atoms with Crippen molar-refractivity contribution < 1.29 is 14.6 Å². The zero-order valence-electron chi connectivity index (χ0n) is 11.0. The number of hydrogen-bond donors (Lipinski definition) is 2. The Labute approximate surface area is 108 Å². The Morgan fingerprint density at radius 1 is 1.50 bits per heavy atom. The predicted molar refractivity (Wildman–Crippen MR) is 70.6 cm³/mol. The Hall–Kier alpha value is -1.55. The van der Waals surface area contributed by atoms with E-state index in [1.165, 1.54) is 0 Å². The van der Waals surface area contributed by atoms with Crippen molar-refractivity contribution in [1.82, 2.24) is 5.32 Å². The number of benzene rings is 1. The first kappa shape index (κ1) is 14.5. The first-order chi connectivity index (χ1) is 8.61. The van der Waals surface area contributed by atoms with Gasteiger partial charge >= 0.3 is 0 Å². The standard InChI is InChI=1S/C14H21NO3/c1-11-4-3-5-13(10-11)18-9-7-14(17)15-12(2)6-8-16/h3-5,10,12,16H,6-9H2,1-2H3,(H,15,17). The van der Waals surface area contributed by atoms with Crippen LogP contribution in [-0.2, 0) is 4.79 Å². The molecule has 1 unspecified atom stereocenters. The normalized spacial score (nSPS) is 11.9. The van der Waals surface area contributed by atoms with Gasteiger partial charge < -0.3 is 15.2 Å². The van der Waals surface area contributed by atoms with E-state index in [1.54, 1.807) is 0 Å². The maximum atomic E-state index is 11.5. The van der Waals surface area contributed by atoms with Crippen LogP contribution in [0.1, 0.15) is 25.3 Å². The van der Waals surface area contributed by atoms with Crippen LogP contribution in [-0.4, -0.2) is 30.3 Å². The molecule has 0 aliphatic heterocycles. The fraction of sp³-hybridized carbons (Fsp3) is 0.500. The Morgan fingerprint density at radius 3 is 2.94 bits per heavy atom. The lowest BCUT2D eigenvalue weighted by Crippen LogP contribution is -2.33. The number of aryl methyl sites for hydroxylation is 1. The lowest BCUT2D eigenvalue weighted by atomic mass is 10.2. The summed E-state index contributed by atoms with van der Waals surface area (Å²) in [6.45, 7) is 4.31. The second kappa shape index (κ2) is 7.71. The van der Waals surface area contributed by atoms with E-state index in [9.17, 15) is 4.79 Å². The third-order valence-corrected chi connectivity index (χ3v) is 2.56. The highest BCUT2D eigenvalue weighted by Crippen LogP contribution is 2.12. The molecule has 18 heavy (non-hydrogen) atoms. The van der Waals surface area contributed by atoms with E-state index in [0.29, 0.717) is 19.4 Å². The lowest BCUT2D eigenvalue weighted by Gasteiger charge is -2.12. The van der Waals surface area contributed by atoms with E-state index in [1.807, 2.05) is 38.1 Å². The van der Waals surface area contributed by atoms with Gasteiger partial charge in [0.25, 0.3) is 0 Å². The van der Waals surface area contributed by atoms with Crippen molar-refractivity contribution in [3.05, 3.63) is 29.8 Å². The highest BCUT2D eigenvalue weighted by molar-refractivity contribution is 5.76. The van der Waals surface area contributed by atoms with E-state index >= 15 is 0 Å². The summed E-state index contributed by atoms with van der Waals surface area (Å²) in [5.41, 5.74) is 1.13. The minimum atomic E-state index is -0.0522. The number of nitrogens with one attached hydrogen (secondary N) is 1. The van der Waals surface area contributed by atoms with Gasteiger partial charge in [-0.1, -0.05) is 12.1 Å². The molecule has 0 fully saturated rings. The first-order valence-corrected chi connectivity index (χ1v) is 6.21. The van der Waals surface area contributed by atoms with Gasteiger partial charge in [0.2, 0.25) is 5.91 Å². The molecule has 0 aliphatic rings. The predicted octanol–water partition coefficient (Wildman–Crippen LogP) is 1.65. The molecule has 0 aliphatic carbocycles. The number of rotatable bonds is 7. The smallest absolute Gasteiger partial charge is 0.223 e. The van der Waals surface area contributed by atoms with Gasteiger partial charge in [0.15, 0.2) is 0 Å². The van der Waals surface area contributed by atoms with Crippen LogP contribution in [0, 0.1) is 6.92 Å². The van der Waals surface area contributed by atoms with Gasteiger partial charge in [-0.25, -0.2) is 0 Å². The number of hydrogen-bond acceptors (Lipinski definition) is 3. The number of carbonyl (C=O) groups is 1. The van der Waals surface area contributed by atoms with Gasteiger partial charge in [-0.05, 0) is 38.0 Å². The van der Waals surface area contributed by atoms with Gasteiger partial charge in [0.05, 0.1) is 13.0 Å². The van der Waals surface area contributed by atoms with Crippen LogP contribution in [0.3, 0.4) is 0 Å². The van der Waals surface area contributed by atoms with Gasteiger partial charge in [0, 0.05) is 12.6 Å². The average Bonchev–Trinajstić information content (AvgIpc) is 2.29. The van der Waals surface area contributed by atoms with Crippen LogP contribution in [0.15, 0.2) is 24.3 Å². The molecule has 0 aromatic heterocycles. The number of aliphatic hydroxyl groups is 1. The summed E-state index contributed by atoms with van der Waals surface area (Å²) >= 11 is 0. The quantitative estimate of drug-likeness (QED) is 0.774. The molecule has 1 rings (SSSR count). The highest BCUT2D eigenvalue weighted by atomic mass is 16.5. The SMILES string of the molecule is Cc1cccc(OCCC(=O)NC(C)CCO)c1. The average molecular weight is 251 g/mol. The summed E-state index contributed by atoms with van der Waals surface area (Å²) < 4.78 is 5.49.